The van der Waals surface area contributed by atoms with Crippen molar-refractivity contribution in [2.24, 2.45) is 0 Å². The van der Waals surface area contributed by atoms with Crippen LogP contribution in [-0.2, 0) is 0 Å². The molecule has 0 unspecified atom stereocenters. The van der Waals surface area contributed by atoms with Gasteiger partial charge < -0.3 is 4.42 Å². The van der Waals surface area contributed by atoms with Crippen molar-refractivity contribution in [2.75, 3.05) is 0 Å². The summed E-state index contributed by atoms with van der Waals surface area (Å²) in [6.45, 7) is 1.81. The number of pyridine rings is 1. The summed E-state index contributed by atoms with van der Waals surface area (Å²) in [5.74, 6) is 0. The summed E-state index contributed by atoms with van der Waals surface area (Å²) in [4.78, 5) is 16.3. The molecule has 0 aliphatic heterocycles. The van der Waals surface area contributed by atoms with Crippen LogP contribution in [0.25, 0.3) is 27.7 Å². The standard InChI is InChI=1S/C16H11N3O2/c1-10-13-14(19(18-10)11-6-3-2-4-7-11)12-8-5-9-17-15(12)21-16(13)20/h2-9H,1H3. The Labute approximate surface area is 119 Å². The SMILES string of the molecule is Cc1nn(-c2ccccc2)c2c1c(=O)oc1ncccc12. The first-order chi connectivity index (χ1) is 10.3. The molecule has 0 saturated heterocycles. The van der Waals surface area contributed by atoms with E-state index in [1.54, 1.807) is 17.8 Å². The van der Waals surface area contributed by atoms with Crippen LogP contribution in [0.15, 0.2) is 57.9 Å². The molecule has 1 aromatic carbocycles. The fourth-order valence-electron chi connectivity index (χ4n) is 2.57. The van der Waals surface area contributed by atoms with Crippen LogP contribution < -0.4 is 5.63 Å². The van der Waals surface area contributed by atoms with E-state index in [2.05, 4.69) is 10.1 Å². The molecule has 4 aromatic rings. The topological polar surface area (TPSA) is 60.9 Å². The summed E-state index contributed by atoms with van der Waals surface area (Å²) in [7, 11) is 0. The molecule has 3 heterocycles. The lowest BCUT2D eigenvalue weighted by Gasteiger charge is -2.04. The van der Waals surface area contributed by atoms with Crippen molar-refractivity contribution >= 4 is 22.0 Å². The molecule has 0 amide bonds. The molecule has 5 nitrogen and oxygen atoms in total. The minimum absolute atomic E-state index is 0.326. The molecule has 5 heteroatoms. The van der Waals surface area contributed by atoms with Crippen LogP contribution in [0.1, 0.15) is 5.69 Å². The Morgan fingerprint density at radius 2 is 1.90 bits per heavy atom. The van der Waals surface area contributed by atoms with Gasteiger partial charge in [0.15, 0.2) is 0 Å². The van der Waals surface area contributed by atoms with Gasteiger partial charge in [-0.3, -0.25) is 0 Å². The number of benzene rings is 1. The molecule has 21 heavy (non-hydrogen) atoms. The summed E-state index contributed by atoms with van der Waals surface area (Å²) < 4.78 is 7.05. The van der Waals surface area contributed by atoms with Gasteiger partial charge in [-0.25, -0.2) is 14.5 Å². The summed E-state index contributed by atoms with van der Waals surface area (Å²) >= 11 is 0. The second kappa shape index (κ2) is 4.28. The van der Waals surface area contributed by atoms with E-state index in [4.69, 9.17) is 4.42 Å². The highest BCUT2D eigenvalue weighted by Gasteiger charge is 2.17. The van der Waals surface area contributed by atoms with Gasteiger partial charge in [0.2, 0.25) is 5.71 Å². The Hall–Kier alpha value is -2.95. The minimum Gasteiger partial charge on any atom is -0.403 e. The fourth-order valence-corrected chi connectivity index (χ4v) is 2.57. The zero-order valence-corrected chi connectivity index (χ0v) is 11.3. The Morgan fingerprint density at radius 1 is 1.10 bits per heavy atom. The molecule has 0 fully saturated rings. The quantitative estimate of drug-likeness (QED) is 0.536. The molecule has 0 aliphatic rings. The zero-order valence-electron chi connectivity index (χ0n) is 11.3. The minimum atomic E-state index is -0.407. The molecular weight excluding hydrogens is 266 g/mol. The molecule has 4 rings (SSSR count). The molecule has 0 radical (unpaired) electrons. The van der Waals surface area contributed by atoms with E-state index in [0.717, 1.165) is 16.6 Å². The maximum absolute atomic E-state index is 12.2. The Bertz CT molecular complexity index is 1020. The van der Waals surface area contributed by atoms with Gasteiger partial charge >= 0.3 is 5.63 Å². The first kappa shape index (κ1) is 11.8. The van der Waals surface area contributed by atoms with Gasteiger partial charge in [0.05, 0.1) is 22.3 Å². The van der Waals surface area contributed by atoms with E-state index in [0.29, 0.717) is 16.8 Å². The van der Waals surface area contributed by atoms with Crippen LogP contribution >= 0.6 is 0 Å². The number of hydrogen-bond donors (Lipinski definition) is 0. The van der Waals surface area contributed by atoms with Gasteiger partial charge in [-0.05, 0) is 31.2 Å². The molecule has 0 N–H and O–H groups in total. The van der Waals surface area contributed by atoms with Crippen molar-refractivity contribution in [3.63, 3.8) is 0 Å². The number of aryl methyl sites for hydroxylation is 1. The lowest BCUT2D eigenvalue weighted by Crippen LogP contribution is -2.02. The Morgan fingerprint density at radius 3 is 2.71 bits per heavy atom. The van der Waals surface area contributed by atoms with Gasteiger partial charge in [0.1, 0.15) is 5.39 Å². The zero-order chi connectivity index (χ0) is 14.4. The van der Waals surface area contributed by atoms with Crippen molar-refractivity contribution in [3.05, 3.63) is 64.8 Å². The van der Waals surface area contributed by atoms with Gasteiger partial charge in [-0.1, -0.05) is 18.2 Å². The molecule has 102 valence electrons. The molecule has 0 atom stereocenters. The molecule has 0 saturated carbocycles. The summed E-state index contributed by atoms with van der Waals surface area (Å²) in [6, 6.07) is 13.4. The lowest BCUT2D eigenvalue weighted by molar-refractivity contribution is 0.557. The summed E-state index contributed by atoms with van der Waals surface area (Å²) in [5.41, 5.74) is 2.20. The van der Waals surface area contributed by atoms with Crippen molar-refractivity contribution in [3.8, 4) is 5.69 Å². The number of fused-ring (bicyclic) bond motifs is 3. The monoisotopic (exact) mass is 277 g/mol. The third kappa shape index (κ3) is 1.67. The molecule has 3 aromatic heterocycles. The van der Waals surface area contributed by atoms with Crippen molar-refractivity contribution < 1.29 is 4.42 Å². The van der Waals surface area contributed by atoms with Crippen molar-refractivity contribution in [1.82, 2.24) is 14.8 Å². The van der Waals surface area contributed by atoms with Crippen LogP contribution in [-0.4, -0.2) is 14.8 Å². The second-order valence-electron chi connectivity index (χ2n) is 4.80. The predicted molar refractivity (Wildman–Crippen MR) is 79.6 cm³/mol. The number of hydrogen-bond acceptors (Lipinski definition) is 4. The fraction of sp³-hybridized carbons (Fsp3) is 0.0625. The van der Waals surface area contributed by atoms with Crippen molar-refractivity contribution in [2.45, 2.75) is 6.92 Å². The number of para-hydroxylation sites is 1. The van der Waals surface area contributed by atoms with Crippen LogP contribution in [0.4, 0.5) is 0 Å². The molecule has 0 aliphatic carbocycles. The maximum atomic E-state index is 12.2. The van der Waals surface area contributed by atoms with Gasteiger partial charge in [0.25, 0.3) is 0 Å². The highest BCUT2D eigenvalue weighted by Crippen LogP contribution is 2.25. The van der Waals surface area contributed by atoms with Crippen LogP contribution in [0, 0.1) is 6.92 Å². The highest BCUT2D eigenvalue weighted by atomic mass is 16.4. The molecule has 0 spiro atoms. The van der Waals surface area contributed by atoms with E-state index in [1.165, 1.54) is 0 Å². The van der Waals surface area contributed by atoms with Gasteiger partial charge in [-0.2, -0.15) is 5.10 Å². The highest BCUT2D eigenvalue weighted by molar-refractivity contribution is 6.02. The predicted octanol–water partition coefficient (Wildman–Crippen LogP) is 2.84. The van der Waals surface area contributed by atoms with Crippen LogP contribution in [0.5, 0.6) is 0 Å². The Kier molecular flexibility index (Phi) is 2.41. The summed E-state index contributed by atoms with van der Waals surface area (Å²) in [6.07, 6.45) is 1.60. The van der Waals surface area contributed by atoms with E-state index >= 15 is 0 Å². The van der Waals surface area contributed by atoms with E-state index in [-0.39, 0.29) is 0 Å². The smallest absolute Gasteiger partial charge is 0.349 e. The van der Waals surface area contributed by atoms with Gasteiger partial charge in [-0.15, -0.1) is 0 Å². The van der Waals surface area contributed by atoms with E-state index in [9.17, 15) is 4.79 Å². The van der Waals surface area contributed by atoms with Gasteiger partial charge in [0, 0.05) is 6.20 Å². The third-order valence-electron chi connectivity index (χ3n) is 3.48. The number of rotatable bonds is 1. The largest absolute Gasteiger partial charge is 0.403 e. The van der Waals surface area contributed by atoms with Crippen LogP contribution in [0.2, 0.25) is 0 Å². The molecular formula is C16H11N3O2. The molecule has 0 bridgehead atoms. The number of nitrogens with zero attached hydrogens (tertiary/aromatic N) is 3. The first-order valence-corrected chi connectivity index (χ1v) is 6.58. The average Bonchev–Trinajstić information content (AvgIpc) is 2.87. The van der Waals surface area contributed by atoms with Crippen molar-refractivity contribution in [1.29, 1.82) is 0 Å². The normalized spacial score (nSPS) is 11.3. The van der Waals surface area contributed by atoms with E-state index < -0.39 is 5.63 Å². The maximum Gasteiger partial charge on any atom is 0.349 e. The van der Waals surface area contributed by atoms with E-state index in [1.807, 2.05) is 42.5 Å². The Balaban J connectivity index is 2.26. The number of aromatic nitrogens is 3. The van der Waals surface area contributed by atoms with Crippen LogP contribution in [0.3, 0.4) is 0 Å². The summed E-state index contributed by atoms with van der Waals surface area (Å²) in [5, 5.41) is 5.77. The second-order valence-corrected chi connectivity index (χ2v) is 4.80. The first-order valence-electron chi connectivity index (χ1n) is 6.58. The lowest BCUT2D eigenvalue weighted by atomic mass is 10.2. The third-order valence-corrected chi connectivity index (χ3v) is 3.48. The average molecular weight is 277 g/mol.